The minimum absolute atomic E-state index is 0.0758. The van der Waals surface area contributed by atoms with Crippen LogP contribution in [0.2, 0.25) is 0 Å². The van der Waals surface area contributed by atoms with Crippen LogP contribution in [0.25, 0.3) is 0 Å². The number of amides is 1. The summed E-state index contributed by atoms with van der Waals surface area (Å²) in [5, 5.41) is 12.7. The zero-order valence-corrected chi connectivity index (χ0v) is 13.2. The Kier molecular flexibility index (Phi) is 4.94. The third kappa shape index (κ3) is 3.69. The maximum absolute atomic E-state index is 12.0. The molecule has 1 heterocycles. The lowest BCUT2D eigenvalue weighted by Gasteiger charge is -2.03. The van der Waals surface area contributed by atoms with Crippen molar-refractivity contribution in [3.63, 3.8) is 0 Å². The molecule has 0 fully saturated rings. The fraction of sp³-hybridized carbons (Fsp3) is 0.0769. The third-order valence-electron chi connectivity index (χ3n) is 2.25. The Morgan fingerprint density at radius 3 is 3.05 bits per heavy atom. The number of aromatic hydroxyl groups is 1. The Morgan fingerprint density at radius 2 is 2.35 bits per heavy atom. The van der Waals surface area contributed by atoms with Gasteiger partial charge in [0.2, 0.25) is 0 Å². The van der Waals surface area contributed by atoms with E-state index < -0.39 is 0 Å². The zero-order chi connectivity index (χ0) is 14.5. The Bertz CT molecular complexity index is 703. The molecule has 0 bridgehead atoms. The fourth-order valence-corrected chi connectivity index (χ4v) is 2.37. The van der Waals surface area contributed by atoms with Gasteiger partial charge < -0.3 is 10.8 Å². The van der Waals surface area contributed by atoms with E-state index in [1.54, 1.807) is 18.3 Å². The number of phenols is 1. The minimum Gasteiger partial charge on any atom is -0.507 e. The molecule has 0 saturated carbocycles. The summed E-state index contributed by atoms with van der Waals surface area (Å²) in [6.45, 7) is 0.279. The lowest BCUT2D eigenvalue weighted by Crippen LogP contribution is -2.11. The van der Waals surface area contributed by atoms with Crippen molar-refractivity contribution in [2.75, 3.05) is 11.9 Å². The average molecular weight is 399 g/mol. The molecule has 5 nitrogen and oxygen atoms in total. The van der Waals surface area contributed by atoms with Gasteiger partial charge in [0.1, 0.15) is 5.75 Å². The lowest BCUT2D eigenvalue weighted by molar-refractivity contribution is 0.102. The molecule has 102 valence electrons. The van der Waals surface area contributed by atoms with Crippen LogP contribution < -0.4 is 11.1 Å². The molecule has 0 unspecified atom stereocenters. The molecule has 2 aromatic rings. The number of benzene rings is 1. The number of rotatable bonds is 2. The van der Waals surface area contributed by atoms with Gasteiger partial charge in [-0.15, -0.1) is 0 Å². The van der Waals surface area contributed by atoms with E-state index in [0.717, 1.165) is 4.88 Å². The summed E-state index contributed by atoms with van der Waals surface area (Å²) in [4.78, 5) is 16.8. The van der Waals surface area contributed by atoms with E-state index in [1.165, 1.54) is 17.4 Å². The van der Waals surface area contributed by atoms with Gasteiger partial charge in [-0.25, -0.2) is 4.98 Å². The summed E-state index contributed by atoms with van der Waals surface area (Å²) in [6, 6.07) is 4.73. The molecular formula is C13H10IN3O2S. The molecule has 0 aliphatic carbocycles. The SMILES string of the molecule is NCC#Cc1cnc(NC(=O)c2ccc(I)c(O)c2)s1. The second-order valence-electron chi connectivity index (χ2n) is 3.66. The maximum atomic E-state index is 12.0. The highest BCUT2D eigenvalue weighted by molar-refractivity contribution is 14.1. The van der Waals surface area contributed by atoms with Crippen LogP contribution in [0, 0.1) is 15.4 Å². The molecule has 0 saturated heterocycles. The first kappa shape index (κ1) is 14.8. The van der Waals surface area contributed by atoms with E-state index in [1.807, 2.05) is 22.6 Å². The first-order valence-corrected chi connectivity index (χ1v) is 7.44. The fourth-order valence-electron chi connectivity index (χ4n) is 1.35. The van der Waals surface area contributed by atoms with Crippen LogP contribution in [0.15, 0.2) is 24.4 Å². The Hall–Kier alpha value is -1.63. The molecule has 0 aliphatic rings. The van der Waals surface area contributed by atoms with Crippen molar-refractivity contribution in [3.05, 3.63) is 38.4 Å². The van der Waals surface area contributed by atoms with Crippen LogP contribution in [0.3, 0.4) is 0 Å². The lowest BCUT2D eigenvalue weighted by atomic mass is 10.2. The van der Waals surface area contributed by atoms with E-state index in [4.69, 9.17) is 5.73 Å². The summed E-state index contributed by atoms with van der Waals surface area (Å²) < 4.78 is 0.688. The Labute approximate surface area is 133 Å². The van der Waals surface area contributed by atoms with E-state index in [2.05, 4.69) is 22.1 Å². The second-order valence-corrected chi connectivity index (χ2v) is 5.85. The number of hydrogen-bond acceptors (Lipinski definition) is 5. The molecule has 4 N–H and O–H groups in total. The van der Waals surface area contributed by atoms with E-state index >= 15 is 0 Å². The highest BCUT2D eigenvalue weighted by Gasteiger charge is 2.10. The van der Waals surface area contributed by atoms with Crippen LogP contribution in [0.4, 0.5) is 5.13 Å². The van der Waals surface area contributed by atoms with Gasteiger partial charge in [0.05, 0.1) is 21.2 Å². The monoisotopic (exact) mass is 399 g/mol. The van der Waals surface area contributed by atoms with Gasteiger partial charge >= 0.3 is 0 Å². The number of phenolic OH excluding ortho intramolecular Hbond substituents is 1. The molecule has 0 spiro atoms. The molecular weight excluding hydrogens is 389 g/mol. The van der Waals surface area contributed by atoms with Crippen molar-refractivity contribution < 1.29 is 9.90 Å². The molecule has 0 aliphatic heterocycles. The van der Waals surface area contributed by atoms with Crippen LogP contribution in [-0.4, -0.2) is 22.5 Å². The molecule has 1 amide bonds. The van der Waals surface area contributed by atoms with Crippen molar-refractivity contribution in [2.45, 2.75) is 0 Å². The molecule has 1 aromatic carbocycles. The molecule has 2 rings (SSSR count). The number of nitrogens with zero attached hydrogens (tertiary/aromatic N) is 1. The van der Waals surface area contributed by atoms with Crippen LogP contribution >= 0.6 is 33.9 Å². The molecule has 20 heavy (non-hydrogen) atoms. The number of hydrogen-bond donors (Lipinski definition) is 3. The normalized spacial score (nSPS) is 9.70. The van der Waals surface area contributed by atoms with Gasteiger partial charge in [0.15, 0.2) is 5.13 Å². The van der Waals surface area contributed by atoms with Crippen molar-refractivity contribution in [3.8, 4) is 17.6 Å². The third-order valence-corrected chi connectivity index (χ3v) is 3.99. The average Bonchev–Trinajstić information content (AvgIpc) is 2.87. The van der Waals surface area contributed by atoms with E-state index in [-0.39, 0.29) is 18.2 Å². The highest BCUT2D eigenvalue weighted by Crippen LogP contribution is 2.22. The van der Waals surface area contributed by atoms with Crippen LogP contribution in [-0.2, 0) is 0 Å². The summed E-state index contributed by atoms with van der Waals surface area (Å²) in [5.74, 6) is 5.31. The predicted molar refractivity (Wildman–Crippen MR) is 86.8 cm³/mol. The summed E-state index contributed by atoms with van der Waals surface area (Å²) in [7, 11) is 0. The van der Waals surface area contributed by atoms with Gasteiger partial charge in [-0.2, -0.15) is 0 Å². The zero-order valence-electron chi connectivity index (χ0n) is 10.2. The molecule has 0 radical (unpaired) electrons. The van der Waals surface area contributed by atoms with Crippen molar-refractivity contribution in [1.29, 1.82) is 0 Å². The number of nitrogens with one attached hydrogen (secondary N) is 1. The Balaban J connectivity index is 2.11. The highest BCUT2D eigenvalue weighted by atomic mass is 127. The Morgan fingerprint density at radius 1 is 1.55 bits per heavy atom. The number of thiazole rings is 1. The first-order valence-electron chi connectivity index (χ1n) is 5.55. The summed E-state index contributed by atoms with van der Waals surface area (Å²) in [6.07, 6.45) is 1.58. The van der Waals surface area contributed by atoms with Gasteiger partial charge in [-0.3, -0.25) is 10.1 Å². The van der Waals surface area contributed by atoms with Gasteiger partial charge in [0, 0.05) is 5.56 Å². The van der Waals surface area contributed by atoms with Gasteiger partial charge in [-0.05, 0) is 40.8 Å². The minimum atomic E-state index is -0.329. The van der Waals surface area contributed by atoms with Crippen LogP contribution in [0.1, 0.15) is 15.2 Å². The summed E-state index contributed by atoms with van der Waals surface area (Å²) in [5.41, 5.74) is 5.65. The standard InChI is InChI=1S/C13H10IN3O2S/c14-10-4-3-8(6-11(10)18)12(19)17-13-16-7-9(20-13)2-1-5-15/h3-4,6-7,18H,5,15H2,(H,16,17,19). The molecule has 1 aromatic heterocycles. The topological polar surface area (TPSA) is 88.2 Å². The number of carbonyl (C=O) groups excluding carboxylic acids is 1. The number of halogens is 1. The largest absolute Gasteiger partial charge is 0.507 e. The quantitative estimate of drug-likeness (QED) is 0.533. The summed E-state index contributed by atoms with van der Waals surface area (Å²) >= 11 is 3.25. The van der Waals surface area contributed by atoms with Crippen molar-refractivity contribution >= 4 is 45.0 Å². The number of aromatic nitrogens is 1. The number of nitrogens with two attached hydrogens (primary N) is 1. The maximum Gasteiger partial charge on any atom is 0.257 e. The van der Waals surface area contributed by atoms with E-state index in [9.17, 15) is 9.90 Å². The van der Waals surface area contributed by atoms with E-state index in [0.29, 0.717) is 14.3 Å². The number of carbonyl (C=O) groups is 1. The van der Waals surface area contributed by atoms with Gasteiger partial charge in [-0.1, -0.05) is 23.2 Å². The smallest absolute Gasteiger partial charge is 0.257 e. The van der Waals surface area contributed by atoms with Crippen molar-refractivity contribution in [1.82, 2.24) is 4.98 Å². The first-order chi connectivity index (χ1) is 9.60. The molecule has 7 heteroatoms. The predicted octanol–water partition coefficient (Wildman–Crippen LogP) is 2.02. The second kappa shape index (κ2) is 6.69. The van der Waals surface area contributed by atoms with Crippen LogP contribution in [0.5, 0.6) is 5.75 Å². The number of anilines is 1. The van der Waals surface area contributed by atoms with Crippen molar-refractivity contribution in [2.24, 2.45) is 5.73 Å². The van der Waals surface area contributed by atoms with Gasteiger partial charge in [0.25, 0.3) is 5.91 Å². The molecule has 0 atom stereocenters.